The van der Waals surface area contributed by atoms with Crippen molar-refractivity contribution >= 4 is 69.0 Å². The third kappa shape index (κ3) is 19.4. The summed E-state index contributed by atoms with van der Waals surface area (Å²) in [5, 5.41) is 60.7. The molecule has 6 aliphatic heterocycles. The fraction of sp³-hybridized carbons (Fsp3) is 0.421. The molecular formula is C95H115FN18O6. The molecule has 6 saturated heterocycles. The van der Waals surface area contributed by atoms with Crippen LogP contribution >= 0.6 is 0 Å². The minimum absolute atomic E-state index is 0.00715. The molecule has 6 aliphatic rings. The van der Waals surface area contributed by atoms with Gasteiger partial charge in [-0.2, -0.15) is 10.5 Å². The summed E-state index contributed by atoms with van der Waals surface area (Å²) in [6.45, 7) is 29.5. The van der Waals surface area contributed by atoms with Gasteiger partial charge in [-0.25, -0.2) is 9.37 Å². The number of aromatic nitrogens is 4. The van der Waals surface area contributed by atoms with E-state index in [-0.39, 0.29) is 73.6 Å². The number of carbonyl (C=O) groups is 3. The summed E-state index contributed by atoms with van der Waals surface area (Å²) in [4.78, 5) is 79.2. The highest BCUT2D eigenvalue weighted by Crippen LogP contribution is 2.37. The Morgan fingerprint density at radius 1 is 0.408 bits per heavy atom. The largest absolute Gasteiger partial charge is 0.394 e. The minimum atomic E-state index is -0.374. The fourth-order valence-corrected chi connectivity index (χ4v) is 18.5. The van der Waals surface area contributed by atoms with Crippen LogP contribution < -0.4 is 45.3 Å². The van der Waals surface area contributed by atoms with Gasteiger partial charge in [0.15, 0.2) is 0 Å². The van der Waals surface area contributed by atoms with Crippen molar-refractivity contribution in [2.24, 2.45) is 0 Å². The first-order valence-corrected chi connectivity index (χ1v) is 42.3. The first-order chi connectivity index (χ1) is 58.1. The van der Waals surface area contributed by atoms with Gasteiger partial charge in [0.2, 0.25) is 0 Å². The number of aliphatic hydroxyl groups is 3. The van der Waals surface area contributed by atoms with E-state index in [4.69, 9.17) is 15.0 Å². The summed E-state index contributed by atoms with van der Waals surface area (Å²) >= 11 is 0. The lowest BCUT2D eigenvalue weighted by Gasteiger charge is -2.42. The molecule has 0 bridgehead atoms. The number of nitrogens with one attached hydrogen (secondary N) is 3. The maximum Gasteiger partial charge on any atom is 0.256 e. The van der Waals surface area contributed by atoms with Crippen LogP contribution in [-0.4, -0.2) is 222 Å². The molecule has 5 aromatic carbocycles. The quantitative estimate of drug-likeness (QED) is 0.0466. The van der Waals surface area contributed by atoms with Crippen molar-refractivity contribution in [2.75, 3.05) is 163 Å². The molecule has 120 heavy (non-hydrogen) atoms. The molecule has 0 saturated carbocycles. The van der Waals surface area contributed by atoms with Gasteiger partial charge in [0.05, 0.1) is 128 Å². The Labute approximate surface area is 705 Å². The van der Waals surface area contributed by atoms with Crippen LogP contribution in [0.4, 0.5) is 55.7 Å². The molecule has 6 fully saturated rings. The number of piperazine rings is 3. The number of benzene rings is 5. The van der Waals surface area contributed by atoms with Gasteiger partial charge in [0, 0.05) is 140 Å². The third-order valence-corrected chi connectivity index (χ3v) is 24.8. The lowest BCUT2D eigenvalue weighted by Crippen LogP contribution is -2.56. The minimum Gasteiger partial charge on any atom is -0.394 e. The predicted molar refractivity (Wildman–Crippen MR) is 475 cm³/mol. The van der Waals surface area contributed by atoms with Crippen molar-refractivity contribution in [3.63, 3.8) is 0 Å². The SMILES string of the molecule is Cc1ccc(N2CCC(Nc3c(C)nc(C)c(C(=O)N4CCN(c5ccccc5)[C@H](CO)C4)c3C)CC2)c(C#N)c1.Cc1nc(C)c(C(=O)N2CCN(c3ccccc3)[C@H](CO)C2)c(C)c1NC1CCN(c2c(F)cccc2C#N)CC1.Cc1nc(C)c(C(=O)N2CCN(c3ccccc3)[C@H](CO)C2)c(C)c1NC1CCN(c2ccccn2)CC1. The normalized spacial score (nSPS) is 18.1. The van der Waals surface area contributed by atoms with E-state index in [0.717, 1.165) is 167 Å². The first-order valence-electron chi connectivity index (χ1n) is 42.3. The Bertz CT molecular complexity index is 5130. The molecule has 0 radical (unpaired) electrons. The molecule has 3 amide bonds. The number of hydrogen-bond acceptors (Lipinski definition) is 21. The number of aliphatic hydroxyl groups excluding tert-OH is 3. The Morgan fingerprint density at radius 2 is 0.767 bits per heavy atom. The van der Waals surface area contributed by atoms with Gasteiger partial charge >= 0.3 is 0 Å². The van der Waals surface area contributed by atoms with Crippen LogP contribution in [0.5, 0.6) is 0 Å². The van der Waals surface area contributed by atoms with Crippen LogP contribution in [-0.2, 0) is 0 Å². The molecule has 15 rings (SSSR count). The number of amides is 3. The van der Waals surface area contributed by atoms with Crippen molar-refractivity contribution in [1.29, 1.82) is 10.5 Å². The van der Waals surface area contributed by atoms with Crippen molar-refractivity contribution in [3.05, 3.63) is 242 Å². The van der Waals surface area contributed by atoms with Crippen LogP contribution in [0.3, 0.4) is 0 Å². The predicted octanol–water partition coefficient (Wildman–Crippen LogP) is 12.8. The van der Waals surface area contributed by atoms with E-state index in [1.165, 1.54) is 6.07 Å². The highest BCUT2D eigenvalue weighted by molar-refractivity contribution is 6.00. The second-order valence-corrected chi connectivity index (χ2v) is 32.6. The summed E-state index contributed by atoms with van der Waals surface area (Å²) < 4.78 is 14.6. The zero-order valence-corrected chi connectivity index (χ0v) is 71.0. The standard InChI is InChI=1S/C33H40N6O2.C32H37FN6O2.C30H38N6O2/c1-22-10-11-30(26(18-22)19-34)37-14-12-27(13-15-37)36-32-23(2)31(24(3)35-25(32)4)33(41)38-16-17-39(29(20-38)21-40)28-8-6-5-7-9-28;1-21-29(32(41)38-16-17-39(27(19-38)20-40)26-9-5-4-6-10-26)22(2)35-23(3)30(21)36-25-12-14-37(15-13-25)31-24(18-34)8-7-11-28(31)33;1-21-28(30(38)35-17-18-36(26(19-35)20-37)25-9-5-4-6-10-25)22(2)32-23(3)29(21)33-24-12-15-34(16-13-24)27-11-7-8-14-31-27/h5-11,18,27,29,36,40H,12-17,20-21H2,1-4H3;4-11,25,27,36,40H,12-17,19-20H2,1-3H3;4-11,14,24,26,33,37H,12-13,15-20H2,1-3H3/t29-;27-;26-/m000/s1. The van der Waals surface area contributed by atoms with Gasteiger partial charge in [0.1, 0.15) is 23.8 Å². The van der Waals surface area contributed by atoms with Crippen LogP contribution in [0.2, 0.25) is 0 Å². The number of para-hydroxylation sites is 4. The summed E-state index contributed by atoms with van der Waals surface area (Å²) in [7, 11) is 0. The number of pyridine rings is 4. The lowest BCUT2D eigenvalue weighted by atomic mass is 9.98. The molecule has 9 aromatic rings. The molecule has 0 unspecified atom stereocenters. The van der Waals surface area contributed by atoms with E-state index in [0.29, 0.717) is 112 Å². The molecule has 4 aromatic heterocycles. The topological polar surface area (TPSA) is 276 Å². The monoisotopic (exact) mass is 1620 g/mol. The summed E-state index contributed by atoms with van der Waals surface area (Å²) in [5.74, 6) is 0.546. The van der Waals surface area contributed by atoms with Gasteiger partial charge in [-0.15, -0.1) is 0 Å². The number of piperidine rings is 3. The van der Waals surface area contributed by atoms with Gasteiger partial charge in [-0.3, -0.25) is 29.3 Å². The molecule has 628 valence electrons. The first kappa shape index (κ1) is 86.0. The Morgan fingerprint density at radius 3 is 1.12 bits per heavy atom. The summed E-state index contributed by atoms with van der Waals surface area (Å²) in [6, 6.07) is 51.5. The van der Waals surface area contributed by atoms with Crippen LogP contribution in [0.1, 0.15) is 137 Å². The van der Waals surface area contributed by atoms with E-state index in [1.54, 1.807) is 12.1 Å². The summed E-state index contributed by atoms with van der Waals surface area (Å²) in [5.41, 5.74) is 19.0. The number of rotatable bonds is 18. The van der Waals surface area contributed by atoms with E-state index in [9.17, 15) is 44.6 Å². The van der Waals surface area contributed by atoms with Crippen LogP contribution in [0, 0.1) is 97.7 Å². The van der Waals surface area contributed by atoms with E-state index in [2.05, 4.69) is 87.9 Å². The molecule has 0 spiro atoms. The maximum absolute atomic E-state index is 14.6. The van der Waals surface area contributed by atoms with Crippen molar-refractivity contribution < 1.29 is 34.1 Å². The van der Waals surface area contributed by atoms with E-state index >= 15 is 0 Å². The van der Waals surface area contributed by atoms with Gasteiger partial charge < -0.3 is 75.4 Å². The molecular weight excluding hydrogens is 1510 g/mol. The molecule has 0 aliphatic carbocycles. The van der Waals surface area contributed by atoms with E-state index < -0.39 is 0 Å². The molecule has 25 heteroatoms. The third-order valence-electron chi connectivity index (χ3n) is 24.8. The summed E-state index contributed by atoms with van der Waals surface area (Å²) in [6.07, 6.45) is 7.19. The Kier molecular flexibility index (Phi) is 28.2. The Hall–Kier alpha value is -11.9. The zero-order chi connectivity index (χ0) is 84.8. The van der Waals surface area contributed by atoms with E-state index in [1.807, 2.05) is 192 Å². The number of hydrogen-bond donors (Lipinski definition) is 6. The molecule has 24 nitrogen and oxygen atoms in total. The van der Waals surface area contributed by atoms with Crippen molar-refractivity contribution in [3.8, 4) is 12.1 Å². The second kappa shape index (κ2) is 39.3. The number of halogens is 1. The van der Waals surface area contributed by atoms with Crippen LogP contribution in [0.15, 0.2) is 152 Å². The van der Waals surface area contributed by atoms with Gasteiger partial charge in [-0.1, -0.05) is 72.8 Å². The van der Waals surface area contributed by atoms with Crippen molar-refractivity contribution in [1.82, 2.24) is 34.6 Å². The smallest absolute Gasteiger partial charge is 0.256 e. The van der Waals surface area contributed by atoms with Gasteiger partial charge in [-0.05, 0) is 203 Å². The average Bonchev–Trinajstić information content (AvgIpc) is 0.784. The maximum atomic E-state index is 14.6. The molecule has 6 N–H and O–H groups in total. The molecule has 10 heterocycles. The zero-order valence-electron chi connectivity index (χ0n) is 71.0. The highest BCUT2D eigenvalue weighted by atomic mass is 19.1. The second-order valence-electron chi connectivity index (χ2n) is 32.6. The van der Waals surface area contributed by atoms with Gasteiger partial charge in [0.25, 0.3) is 17.7 Å². The lowest BCUT2D eigenvalue weighted by molar-refractivity contribution is 0.0689. The van der Waals surface area contributed by atoms with Crippen LogP contribution in [0.25, 0.3) is 0 Å². The number of nitriles is 2. The number of aryl methyl sites for hydroxylation is 7. The fourth-order valence-electron chi connectivity index (χ4n) is 18.5. The number of nitrogens with zero attached hydrogens (tertiary/aromatic N) is 15. The Balaban J connectivity index is 0.000000156. The van der Waals surface area contributed by atoms with Crippen molar-refractivity contribution in [2.45, 2.75) is 144 Å². The molecule has 3 atom stereocenters. The number of anilines is 9. The number of carbonyl (C=O) groups excluding carboxylic acids is 3. The average molecular weight is 1620 g/mol. The highest BCUT2D eigenvalue weighted by Gasteiger charge is 2.38.